The van der Waals surface area contributed by atoms with Crippen molar-refractivity contribution in [2.45, 2.75) is 25.8 Å². The van der Waals surface area contributed by atoms with Crippen LogP contribution in [0.2, 0.25) is 0 Å². The highest BCUT2D eigenvalue weighted by Crippen LogP contribution is 2.33. The molecule has 0 aromatic carbocycles. The SMILES string of the molecule is CNC1CCc2c1cc(C)nc2N. The lowest BCUT2D eigenvalue weighted by atomic mass is 10.1. The summed E-state index contributed by atoms with van der Waals surface area (Å²) in [5.74, 6) is 0.716. The highest BCUT2D eigenvalue weighted by molar-refractivity contribution is 5.49. The highest BCUT2D eigenvalue weighted by atomic mass is 14.9. The maximum Gasteiger partial charge on any atom is 0.127 e. The number of nitrogens with one attached hydrogen (secondary N) is 1. The van der Waals surface area contributed by atoms with Crippen LogP contribution in [0.4, 0.5) is 5.82 Å². The lowest BCUT2D eigenvalue weighted by Gasteiger charge is -2.10. The molecule has 0 amide bonds. The Morgan fingerprint density at radius 1 is 1.62 bits per heavy atom. The number of nitrogen functional groups attached to an aromatic ring is 1. The maximum absolute atomic E-state index is 5.85. The van der Waals surface area contributed by atoms with E-state index < -0.39 is 0 Å². The molecular weight excluding hydrogens is 162 g/mol. The molecule has 2 rings (SSSR count). The number of hydrogen-bond donors (Lipinski definition) is 2. The minimum Gasteiger partial charge on any atom is -0.383 e. The Hall–Kier alpha value is -1.09. The summed E-state index contributed by atoms with van der Waals surface area (Å²) in [6.07, 6.45) is 2.20. The van der Waals surface area contributed by atoms with Crippen LogP contribution in [-0.4, -0.2) is 12.0 Å². The third kappa shape index (κ3) is 1.29. The molecule has 13 heavy (non-hydrogen) atoms. The van der Waals surface area contributed by atoms with E-state index >= 15 is 0 Å². The Bertz CT molecular complexity index is 333. The second-order valence-electron chi connectivity index (χ2n) is 3.60. The molecule has 70 valence electrons. The fourth-order valence-corrected chi connectivity index (χ4v) is 2.08. The number of pyridine rings is 1. The summed E-state index contributed by atoms with van der Waals surface area (Å²) in [4.78, 5) is 4.26. The van der Waals surface area contributed by atoms with Gasteiger partial charge in [0.2, 0.25) is 0 Å². The van der Waals surface area contributed by atoms with E-state index in [4.69, 9.17) is 5.73 Å². The summed E-state index contributed by atoms with van der Waals surface area (Å²) in [6, 6.07) is 2.61. The van der Waals surface area contributed by atoms with E-state index in [9.17, 15) is 0 Å². The van der Waals surface area contributed by atoms with Gasteiger partial charge in [0.15, 0.2) is 0 Å². The predicted molar refractivity (Wildman–Crippen MR) is 53.5 cm³/mol. The first-order valence-corrected chi connectivity index (χ1v) is 4.65. The number of anilines is 1. The van der Waals surface area contributed by atoms with Crippen LogP contribution < -0.4 is 11.1 Å². The van der Waals surface area contributed by atoms with Gasteiger partial charge in [-0.2, -0.15) is 0 Å². The minimum absolute atomic E-state index is 0.471. The van der Waals surface area contributed by atoms with Crippen LogP contribution in [0.15, 0.2) is 6.07 Å². The van der Waals surface area contributed by atoms with Crippen LogP contribution in [0.3, 0.4) is 0 Å². The molecule has 3 heteroatoms. The van der Waals surface area contributed by atoms with E-state index in [1.165, 1.54) is 11.1 Å². The van der Waals surface area contributed by atoms with Crippen molar-refractivity contribution >= 4 is 5.82 Å². The molecule has 0 saturated heterocycles. The van der Waals surface area contributed by atoms with Gasteiger partial charge in [0.05, 0.1) is 0 Å². The number of hydrogen-bond acceptors (Lipinski definition) is 3. The number of rotatable bonds is 1. The molecule has 0 fully saturated rings. The largest absolute Gasteiger partial charge is 0.383 e. The zero-order valence-electron chi connectivity index (χ0n) is 8.09. The van der Waals surface area contributed by atoms with Gasteiger partial charge in [-0.1, -0.05) is 0 Å². The van der Waals surface area contributed by atoms with E-state index in [1.54, 1.807) is 0 Å². The second-order valence-corrected chi connectivity index (χ2v) is 3.60. The van der Waals surface area contributed by atoms with Crippen LogP contribution in [0.1, 0.15) is 29.3 Å². The maximum atomic E-state index is 5.85. The van der Waals surface area contributed by atoms with Crippen molar-refractivity contribution in [1.29, 1.82) is 0 Å². The summed E-state index contributed by atoms with van der Waals surface area (Å²) in [6.45, 7) is 1.99. The normalized spacial score (nSPS) is 20.3. The first kappa shape index (κ1) is 8.51. The smallest absolute Gasteiger partial charge is 0.127 e. The Balaban J connectivity index is 2.51. The first-order chi connectivity index (χ1) is 6.22. The van der Waals surface area contributed by atoms with Crippen LogP contribution in [0.25, 0.3) is 0 Å². The molecule has 0 aliphatic heterocycles. The van der Waals surface area contributed by atoms with Crippen molar-refractivity contribution in [2.24, 2.45) is 0 Å². The first-order valence-electron chi connectivity index (χ1n) is 4.65. The van der Waals surface area contributed by atoms with E-state index in [0.29, 0.717) is 11.9 Å². The predicted octanol–water partition coefficient (Wildman–Crippen LogP) is 1.18. The van der Waals surface area contributed by atoms with Gasteiger partial charge in [-0.15, -0.1) is 0 Å². The molecule has 1 aromatic rings. The summed E-state index contributed by atoms with van der Waals surface area (Å²) in [7, 11) is 1.99. The van der Waals surface area contributed by atoms with Crippen molar-refractivity contribution in [1.82, 2.24) is 10.3 Å². The molecule has 0 radical (unpaired) electrons. The third-order valence-electron chi connectivity index (χ3n) is 2.73. The van der Waals surface area contributed by atoms with Crippen molar-refractivity contribution in [3.05, 3.63) is 22.9 Å². The molecule has 3 nitrogen and oxygen atoms in total. The standard InChI is InChI=1S/C10H15N3/c1-6-5-8-7(10(11)13-6)3-4-9(8)12-2/h5,9,12H,3-4H2,1-2H3,(H2,11,13). The third-order valence-corrected chi connectivity index (χ3v) is 2.73. The molecule has 0 bridgehead atoms. The zero-order chi connectivity index (χ0) is 9.42. The summed E-state index contributed by atoms with van der Waals surface area (Å²) < 4.78 is 0. The monoisotopic (exact) mass is 177 g/mol. The van der Waals surface area contributed by atoms with Crippen molar-refractivity contribution in [3.63, 3.8) is 0 Å². The van der Waals surface area contributed by atoms with Gasteiger partial charge in [-0.05, 0) is 44.0 Å². The van der Waals surface area contributed by atoms with Crippen molar-refractivity contribution in [2.75, 3.05) is 12.8 Å². The molecule has 0 saturated carbocycles. The Morgan fingerprint density at radius 2 is 2.38 bits per heavy atom. The molecule has 1 aliphatic rings. The van der Waals surface area contributed by atoms with Crippen LogP contribution in [-0.2, 0) is 6.42 Å². The van der Waals surface area contributed by atoms with Crippen LogP contribution >= 0.6 is 0 Å². The van der Waals surface area contributed by atoms with E-state index in [0.717, 1.165) is 18.5 Å². The number of nitrogens with two attached hydrogens (primary N) is 1. The molecular formula is C10H15N3. The number of nitrogens with zero attached hydrogens (tertiary/aromatic N) is 1. The molecule has 1 aliphatic carbocycles. The van der Waals surface area contributed by atoms with Gasteiger partial charge < -0.3 is 11.1 Å². The molecule has 3 N–H and O–H groups in total. The Morgan fingerprint density at radius 3 is 3.08 bits per heavy atom. The lowest BCUT2D eigenvalue weighted by Crippen LogP contribution is -2.13. The van der Waals surface area contributed by atoms with Crippen LogP contribution in [0.5, 0.6) is 0 Å². The van der Waals surface area contributed by atoms with Crippen molar-refractivity contribution in [3.8, 4) is 0 Å². The second kappa shape index (κ2) is 3.00. The summed E-state index contributed by atoms with van der Waals surface area (Å²) in [5.41, 5.74) is 9.44. The van der Waals surface area contributed by atoms with E-state index in [2.05, 4.69) is 16.4 Å². The van der Waals surface area contributed by atoms with Gasteiger partial charge >= 0.3 is 0 Å². The van der Waals surface area contributed by atoms with Gasteiger partial charge in [-0.3, -0.25) is 0 Å². The van der Waals surface area contributed by atoms with E-state index in [-0.39, 0.29) is 0 Å². The number of aryl methyl sites for hydroxylation is 1. The average Bonchev–Trinajstić information content (AvgIpc) is 2.47. The molecule has 1 aromatic heterocycles. The van der Waals surface area contributed by atoms with Gasteiger partial charge in [0, 0.05) is 11.7 Å². The lowest BCUT2D eigenvalue weighted by molar-refractivity contribution is 0.590. The van der Waals surface area contributed by atoms with Crippen molar-refractivity contribution < 1.29 is 0 Å². The molecule has 1 heterocycles. The molecule has 1 atom stereocenters. The number of aromatic nitrogens is 1. The fraction of sp³-hybridized carbons (Fsp3) is 0.500. The molecule has 1 unspecified atom stereocenters. The van der Waals surface area contributed by atoms with Gasteiger partial charge in [0.25, 0.3) is 0 Å². The quantitative estimate of drug-likeness (QED) is 0.677. The highest BCUT2D eigenvalue weighted by Gasteiger charge is 2.23. The topological polar surface area (TPSA) is 50.9 Å². The number of fused-ring (bicyclic) bond motifs is 1. The fourth-order valence-electron chi connectivity index (χ4n) is 2.08. The average molecular weight is 177 g/mol. The summed E-state index contributed by atoms with van der Waals surface area (Å²) >= 11 is 0. The molecule has 0 spiro atoms. The Kier molecular flexibility index (Phi) is 1.96. The van der Waals surface area contributed by atoms with Crippen LogP contribution in [0, 0.1) is 6.92 Å². The van der Waals surface area contributed by atoms with E-state index in [1.807, 2.05) is 14.0 Å². The Labute approximate surface area is 78.4 Å². The van der Waals surface area contributed by atoms with Gasteiger partial charge in [-0.25, -0.2) is 4.98 Å². The van der Waals surface area contributed by atoms with Gasteiger partial charge in [0.1, 0.15) is 5.82 Å². The minimum atomic E-state index is 0.471. The summed E-state index contributed by atoms with van der Waals surface area (Å²) in [5, 5.41) is 3.29. The zero-order valence-corrected chi connectivity index (χ0v) is 8.09.